The van der Waals surface area contributed by atoms with Crippen LogP contribution >= 0.6 is 0 Å². The number of benzene rings is 1. The average molecular weight is 218 g/mol. The standard InChI is InChI=1S/C14H18O2/c1-4-11(2)14(15)12(3)16-10-13-8-6-5-7-9-13/h1,5-9,11-12,14-15H,10H2,2-3H3/t11-,12-,14+/m0/s1. The zero-order valence-corrected chi connectivity index (χ0v) is 9.76. The predicted octanol–water partition coefficient (Wildman–Crippen LogP) is 2.22. The Kier molecular flexibility index (Phi) is 5.04. The summed E-state index contributed by atoms with van der Waals surface area (Å²) in [4.78, 5) is 0. The minimum atomic E-state index is -0.617. The Morgan fingerprint density at radius 3 is 2.50 bits per heavy atom. The van der Waals surface area contributed by atoms with Crippen LogP contribution in [0.15, 0.2) is 30.3 Å². The van der Waals surface area contributed by atoms with Crippen molar-refractivity contribution < 1.29 is 9.84 Å². The van der Waals surface area contributed by atoms with Gasteiger partial charge in [-0.25, -0.2) is 0 Å². The van der Waals surface area contributed by atoms with Gasteiger partial charge in [0.15, 0.2) is 0 Å². The molecular weight excluding hydrogens is 200 g/mol. The molecule has 86 valence electrons. The molecule has 16 heavy (non-hydrogen) atoms. The van der Waals surface area contributed by atoms with E-state index in [4.69, 9.17) is 11.2 Å². The molecule has 2 heteroatoms. The molecule has 0 radical (unpaired) electrons. The summed E-state index contributed by atoms with van der Waals surface area (Å²) in [6.07, 6.45) is 4.38. The maximum Gasteiger partial charge on any atom is 0.0933 e. The first-order valence-corrected chi connectivity index (χ1v) is 5.45. The third kappa shape index (κ3) is 3.69. The summed E-state index contributed by atoms with van der Waals surface area (Å²) < 4.78 is 5.57. The Hall–Kier alpha value is -1.30. The van der Waals surface area contributed by atoms with Crippen LogP contribution in [-0.2, 0) is 11.3 Å². The van der Waals surface area contributed by atoms with E-state index < -0.39 is 6.10 Å². The largest absolute Gasteiger partial charge is 0.389 e. The number of rotatable bonds is 5. The molecule has 0 saturated heterocycles. The van der Waals surface area contributed by atoms with Crippen molar-refractivity contribution in [2.24, 2.45) is 5.92 Å². The van der Waals surface area contributed by atoms with Gasteiger partial charge < -0.3 is 9.84 Å². The normalized spacial score (nSPS) is 16.1. The fourth-order valence-electron chi connectivity index (χ4n) is 1.41. The summed E-state index contributed by atoms with van der Waals surface area (Å²) in [7, 11) is 0. The molecule has 1 rings (SSSR count). The second-order valence-electron chi connectivity index (χ2n) is 3.95. The Morgan fingerprint density at radius 1 is 1.31 bits per heavy atom. The molecular formula is C14H18O2. The molecule has 0 amide bonds. The van der Waals surface area contributed by atoms with Crippen LogP contribution in [0.2, 0.25) is 0 Å². The molecule has 0 bridgehead atoms. The van der Waals surface area contributed by atoms with Crippen molar-refractivity contribution >= 4 is 0 Å². The van der Waals surface area contributed by atoms with Gasteiger partial charge in [0.2, 0.25) is 0 Å². The lowest BCUT2D eigenvalue weighted by Gasteiger charge is -2.21. The molecule has 1 N–H and O–H groups in total. The molecule has 0 heterocycles. The monoisotopic (exact) mass is 218 g/mol. The minimum absolute atomic E-state index is 0.189. The summed E-state index contributed by atoms with van der Waals surface area (Å²) in [5.74, 6) is 2.32. The van der Waals surface area contributed by atoms with Gasteiger partial charge in [0, 0.05) is 5.92 Å². The van der Waals surface area contributed by atoms with E-state index in [1.807, 2.05) is 44.2 Å². The van der Waals surface area contributed by atoms with E-state index in [1.165, 1.54) is 0 Å². The number of aliphatic hydroxyl groups excluding tert-OH is 1. The van der Waals surface area contributed by atoms with Crippen LogP contribution in [0.4, 0.5) is 0 Å². The van der Waals surface area contributed by atoms with Gasteiger partial charge in [-0.3, -0.25) is 0 Å². The van der Waals surface area contributed by atoms with E-state index in [0.29, 0.717) is 6.61 Å². The SMILES string of the molecule is C#C[C@H](C)[C@@H](O)[C@H](C)OCc1ccccc1. The molecule has 0 spiro atoms. The van der Waals surface area contributed by atoms with E-state index in [0.717, 1.165) is 5.56 Å². The summed E-state index contributed by atoms with van der Waals surface area (Å²) >= 11 is 0. The van der Waals surface area contributed by atoms with Crippen LogP contribution in [-0.4, -0.2) is 17.3 Å². The van der Waals surface area contributed by atoms with Crippen molar-refractivity contribution in [2.75, 3.05) is 0 Å². The van der Waals surface area contributed by atoms with Crippen molar-refractivity contribution in [3.8, 4) is 12.3 Å². The highest BCUT2D eigenvalue weighted by Crippen LogP contribution is 2.11. The van der Waals surface area contributed by atoms with Crippen LogP contribution in [0, 0.1) is 18.3 Å². The summed E-state index contributed by atoms with van der Waals surface area (Å²) in [5.41, 5.74) is 1.09. The summed E-state index contributed by atoms with van der Waals surface area (Å²) in [6.45, 7) is 4.14. The van der Waals surface area contributed by atoms with Gasteiger partial charge in [-0.15, -0.1) is 12.3 Å². The highest BCUT2D eigenvalue weighted by atomic mass is 16.5. The quantitative estimate of drug-likeness (QED) is 0.768. The first-order chi connectivity index (χ1) is 7.65. The molecule has 0 fully saturated rings. The molecule has 0 unspecified atom stereocenters. The van der Waals surface area contributed by atoms with Gasteiger partial charge in [0.1, 0.15) is 0 Å². The van der Waals surface area contributed by atoms with Crippen LogP contribution in [0.3, 0.4) is 0 Å². The van der Waals surface area contributed by atoms with Crippen LogP contribution in [0.25, 0.3) is 0 Å². The molecule has 0 saturated carbocycles. The topological polar surface area (TPSA) is 29.5 Å². The van der Waals surface area contributed by atoms with Gasteiger partial charge in [-0.1, -0.05) is 30.3 Å². The fraction of sp³-hybridized carbons (Fsp3) is 0.429. The lowest BCUT2D eigenvalue weighted by atomic mass is 10.0. The van der Waals surface area contributed by atoms with E-state index in [-0.39, 0.29) is 12.0 Å². The van der Waals surface area contributed by atoms with Crippen LogP contribution in [0.5, 0.6) is 0 Å². The zero-order valence-electron chi connectivity index (χ0n) is 9.76. The van der Waals surface area contributed by atoms with Gasteiger partial charge in [-0.05, 0) is 19.4 Å². The Bertz CT molecular complexity index is 340. The van der Waals surface area contributed by atoms with Gasteiger partial charge in [-0.2, -0.15) is 0 Å². The van der Waals surface area contributed by atoms with Crippen LogP contribution < -0.4 is 0 Å². The van der Waals surface area contributed by atoms with Crippen molar-refractivity contribution in [3.05, 3.63) is 35.9 Å². The number of hydrogen-bond acceptors (Lipinski definition) is 2. The molecule has 0 aliphatic carbocycles. The Balaban J connectivity index is 2.41. The van der Waals surface area contributed by atoms with Gasteiger partial charge in [0.05, 0.1) is 18.8 Å². The van der Waals surface area contributed by atoms with E-state index in [2.05, 4.69) is 5.92 Å². The van der Waals surface area contributed by atoms with Gasteiger partial charge in [0.25, 0.3) is 0 Å². The molecule has 0 aromatic heterocycles. The molecule has 2 nitrogen and oxygen atoms in total. The lowest BCUT2D eigenvalue weighted by Crippen LogP contribution is -2.31. The summed E-state index contributed by atoms with van der Waals surface area (Å²) in [6, 6.07) is 9.86. The number of terminal acetylenes is 1. The fourth-order valence-corrected chi connectivity index (χ4v) is 1.41. The van der Waals surface area contributed by atoms with Crippen molar-refractivity contribution in [1.82, 2.24) is 0 Å². The number of hydrogen-bond donors (Lipinski definition) is 1. The predicted molar refractivity (Wildman–Crippen MR) is 64.7 cm³/mol. The first kappa shape index (κ1) is 12.8. The second-order valence-corrected chi connectivity index (χ2v) is 3.95. The molecule has 0 aliphatic heterocycles. The highest BCUT2D eigenvalue weighted by molar-refractivity contribution is 5.13. The molecule has 1 aromatic carbocycles. The number of aliphatic hydroxyl groups is 1. The molecule has 1 aromatic rings. The zero-order chi connectivity index (χ0) is 12.0. The first-order valence-electron chi connectivity index (χ1n) is 5.45. The summed E-state index contributed by atoms with van der Waals surface area (Å²) in [5, 5.41) is 9.80. The molecule has 0 aliphatic rings. The van der Waals surface area contributed by atoms with E-state index >= 15 is 0 Å². The van der Waals surface area contributed by atoms with E-state index in [1.54, 1.807) is 0 Å². The minimum Gasteiger partial charge on any atom is -0.389 e. The van der Waals surface area contributed by atoms with Gasteiger partial charge >= 0.3 is 0 Å². The molecule has 3 atom stereocenters. The maximum absolute atomic E-state index is 9.80. The lowest BCUT2D eigenvalue weighted by molar-refractivity contribution is -0.0473. The average Bonchev–Trinajstić information content (AvgIpc) is 2.35. The second kappa shape index (κ2) is 6.32. The Labute approximate surface area is 97.3 Å². The third-order valence-corrected chi connectivity index (χ3v) is 2.61. The van der Waals surface area contributed by atoms with Crippen molar-refractivity contribution in [3.63, 3.8) is 0 Å². The number of ether oxygens (including phenoxy) is 1. The maximum atomic E-state index is 9.80. The van der Waals surface area contributed by atoms with E-state index in [9.17, 15) is 5.11 Å². The Morgan fingerprint density at radius 2 is 1.94 bits per heavy atom. The third-order valence-electron chi connectivity index (χ3n) is 2.61. The smallest absolute Gasteiger partial charge is 0.0933 e. The van der Waals surface area contributed by atoms with Crippen molar-refractivity contribution in [1.29, 1.82) is 0 Å². The van der Waals surface area contributed by atoms with Crippen molar-refractivity contribution in [2.45, 2.75) is 32.7 Å². The van der Waals surface area contributed by atoms with Crippen LogP contribution in [0.1, 0.15) is 19.4 Å². The highest BCUT2D eigenvalue weighted by Gasteiger charge is 2.19.